The number of nitrogens with one attached hydrogen (secondary N) is 1. The Morgan fingerprint density at radius 2 is 1.69 bits per heavy atom. The summed E-state index contributed by atoms with van der Waals surface area (Å²) in [6.45, 7) is 2.79. The van der Waals surface area contributed by atoms with Crippen molar-refractivity contribution >= 4 is 5.91 Å². The summed E-state index contributed by atoms with van der Waals surface area (Å²) in [7, 11) is 0. The molecule has 0 spiro atoms. The number of imidazole rings is 1. The Kier molecular flexibility index (Phi) is 5.93. The lowest BCUT2D eigenvalue weighted by atomic mass is 10.1. The normalized spacial score (nSPS) is 21.5. The van der Waals surface area contributed by atoms with Crippen LogP contribution in [0.5, 0.6) is 0 Å². The molecule has 9 heteroatoms. The molecule has 0 bridgehead atoms. The molecule has 2 saturated heterocycles. The second kappa shape index (κ2) is 9.15. The van der Waals surface area contributed by atoms with Crippen molar-refractivity contribution in [1.29, 1.82) is 0 Å². The van der Waals surface area contributed by atoms with E-state index in [2.05, 4.69) is 9.97 Å². The molecule has 0 unspecified atom stereocenters. The summed E-state index contributed by atoms with van der Waals surface area (Å²) in [4.78, 5) is 26.6. The Morgan fingerprint density at radius 3 is 2.38 bits per heavy atom. The summed E-state index contributed by atoms with van der Waals surface area (Å²) in [6.07, 6.45) is 2.66. The summed E-state index contributed by atoms with van der Waals surface area (Å²) >= 11 is 0. The van der Waals surface area contributed by atoms with E-state index in [9.17, 15) is 9.18 Å². The van der Waals surface area contributed by atoms with Crippen LogP contribution in [-0.2, 0) is 19.0 Å². The van der Waals surface area contributed by atoms with Gasteiger partial charge in [-0.3, -0.25) is 9.78 Å². The minimum atomic E-state index is -0.724. The lowest BCUT2D eigenvalue weighted by Crippen LogP contribution is -2.47. The van der Waals surface area contributed by atoms with Crippen molar-refractivity contribution in [1.82, 2.24) is 19.9 Å². The fourth-order valence-corrected chi connectivity index (χ4v) is 3.89. The Hall–Kier alpha value is -3.14. The fraction of sp³-hybridized carbons (Fsp3) is 0.348. The van der Waals surface area contributed by atoms with Crippen LogP contribution in [0.2, 0.25) is 0 Å². The molecule has 0 saturated carbocycles. The van der Waals surface area contributed by atoms with E-state index in [1.165, 1.54) is 12.1 Å². The van der Waals surface area contributed by atoms with Crippen molar-refractivity contribution in [3.05, 3.63) is 60.4 Å². The number of nitrogens with zero attached hydrogens (tertiary/aromatic N) is 3. The highest BCUT2D eigenvalue weighted by Gasteiger charge is 2.33. The zero-order chi connectivity index (χ0) is 21.9. The minimum absolute atomic E-state index is 0.0238. The summed E-state index contributed by atoms with van der Waals surface area (Å²) in [5.74, 6) is -0.149. The molecule has 8 nitrogen and oxygen atoms in total. The number of hydrogen-bond donors (Lipinski definition) is 1. The van der Waals surface area contributed by atoms with Gasteiger partial charge in [-0.15, -0.1) is 0 Å². The predicted octanol–water partition coefficient (Wildman–Crippen LogP) is 2.80. The van der Waals surface area contributed by atoms with Crippen LogP contribution in [0.25, 0.3) is 22.5 Å². The topological polar surface area (TPSA) is 89.6 Å². The highest BCUT2D eigenvalue weighted by molar-refractivity contribution is 5.79. The molecule has 5 rings (SSSR count). The molecule has 1 N–H and O–H groups in total. The number of benzene rings is 1. The van der Waals surface area contributed by atoms with Crippen LogP contribution in [0.1, 0.15) is 12.1 Å². The Labute approximate surface area is 184 Å². The summed E-state index contributed by atoms with van der Waals surface area (Å²) < 4.78 is 30.5. The molecule has 0 radical (unpaired) electrons. The molecule has 1 amide bonds. The number of hydrogen-bond acceptors (Lipinski definition) is 6. The molecule has 2 aliphatic rings. The predicted molar refractivity (Wildman–Crippen MR) is 113 cm³/mol. The first kappa shape index (κ1) is 20.7. The second-order valence-electron chi connectivity index (χ2n) is 7.72. The monoisotopic (exact) mass is 438 g/mol. The third-order valence-electron chi connectivity index (χ3n) is 5.60. The number of rotatable bonds is 4. The smallest absolute Gasteiger partial charge is 0.230 e. The van der Waals surface area contributed by atoms with Gasteiger partial charge in [-0.25, -0.2) is 9.37 Å². The van der Waals surface area contributed by atoms with Gasteiger partial charge in [0.25, 0.3) is 0 Å². The van der Waals surface area contributed by atoms with Crippen molar-refractivity contribution in [3.8, 4) is 22.5 Å². The third-order valence-corrected chi connectivity index (χ3v) is 5.60. The maximum Gasteiger partial charge on any atom is 0.230 e. The average molecular weight is 438 g/mol. The van der Waals surface area contributed by atoms with Gasteiger partial charge in [0.1, 0.15) is 5.82 Å². The van der Waals surface area contributed by atoms with Crippen LogP contribution in [0.3, 0.4) is 0 Å². The van der Waals surface area contributed by atoms with E-state index < -0.39 is 6.29 Å². The second-order valence-corrected chi connectivity index (χ2v) is 7.72. The van der Waals surface area contributed by atoms with Gasteiger partial charge in [-0.1, -0.05) is 0 Å². The molecule has 166 valence electrons. The quantitative estimate of drug-likeness (QED) is 0.674. The summed E-state index contributed by atoms with van der Waals surface area (Å²) in [6, 6.07) is 9.89. The number of ether oxygens (including phenoxy) is 3. The summed E-state index contributed by atoms with van der Waals surface area (Å²) in [5.41, 5.74) is 3.06. The van der Waals surface area contributed by atoms with E-state index in [1.807, 2.05) is 12.1 Å². The molecular weight excluding hydrogens is 415 g/mol. The molecule has 32 heavy (non-hydrogen) atoms. The van der Waals surface area contributed by atoms with Crippen LogP contribution in [-0.4, -0.2) is 65.3 Å². The third kappa shape index (κ3) is 4.27. The van der Waals surface area contributed by atoms with Gasteiger partial charge in [0, 0.05) is 36.6 Å². The van der Waals surface area contributed by atoms with Gasteiger partial charge >= 0.3 is 0 Å². The number of pyridine rings is 1. The fourth-order valence-electron chi connectivity index (χ4n) is 3.89. The first-order valence-corrected chi connectivity index (χ1v) is 10.5. The SMILES string of the molecule is O=C(C1COC(c2nc(-c3ccc(F)cc3)c(-c3ccncc3)[nH]2)OC1)N1CCOCC1. The lowest BCUT2D eigenvalue weighted by molar-refractivity contribution is -0.212. The zero-order valence-electron chi connectivity index (χ0n) is 17.4. The Morgan fingerprint density at radius 1 is 1.00 bits per heavy atom. The van der Waals surface area contributed by atoms with Crippen LogP contribution < -0.4 is 0 Å². The van der Waals surface area contributed by atoms with E-state index >= 15 is 0 Å². The number of aromatic amines is 1. The number of carbonyl (C=O) groups is 1. The largest absolute Gasteiger partial charge is 0.378 e. The number of carbonyl (C=O) groups excluding carboxylic acids is 1. The van der Waals surface area contributed by atoms with Crippen molar-refractivity contribution in [2.24, 2.45) is 5.92 Å². The molecule has 2 aromatic heterocycles. The molecule has 2 aliphatic heterocycles. The lowest BCUT2D eigenvalue weighted by Gasteiger charge is -2.33. The summed E-state index contributed by atoms with van der Waals surface area (Å²) in [5, 5.41) is 0. The van der Waals surface area contributed by atoms with Crippen LogP contribution in [0.4, 0.5) is 4.39 Å². The van der Waals surface area contributed by atoms with Gasteiger partial charge in [0.2, 0.25) is 12.2 Å². The van der Waals surface area contributed by atoms with E-state index in [0.29, 0.717) is 37.8 Å². The minimum Gasteiger partial charge on any atom is -0.378 e. The Balaban J connectivity index is 1.36. The molecule has 4 heterocycles. The van der Waals surface area contributed by atoms with Crippen LogP contribution in [0, 0.1) is 11.7 Å². The average Bonchev–Trinajstić information content (AvgIpc) is 3.31. The van der Waals surface area contributed by atoms with Crippen LogP contribution >= 0.6 is 0 Å². The number of aromatic nitrogens is 3. The zero-order valence-corrected chi connectivity index (χ0v) is 17.4. The molecule has 0 atom stereocenters. The maximum absolute atomic E-state index is 13.4. The van der Waals surface area contributed by atoms with Gasteiger partial charge < -0.3 is 24.1 Å². The Bertz CT molecular complexity index is 1060. The molecule has 2 fully saturated rings. The molecule has 0 aliphatic carbocycles. The standard InChI is InChI=1S/C23H23FN4O4/c24-18-3-1-15(2-4-18)19-20(16-5-7-25-8-6-16)27-21(26-19)23-31-13-17(14-32-23)22(29)28-9-11-30-12-10-28/h1-8,17,23H,9-14H2,(H,26,27). The molecule has 3 aromatic rings. The van der Waals surface area contributed by atoms with Crippen molar-refractivity contribution in [3.63, 3.8) is 0 Å². The van der Waals surface area contributed by atoms with E-state index in [-0.39, 0.29) is 30.9 Å². The van der Waals surface area contributed by atoms with Crippen molar-refractivity contribution in [2.75, 3.05) is 39.5 Å². The van der Waals surface area contributed by atoms with Crippen LogP contribution in [0.15, 0.2) is 48.8 Å². The maximum atomic E-state index is 13.4. The number of H-pyrrole nitrogens is 1. The van der Waals surface area contributed by atoms with Crippen molar-refractivity contribution < 1.29 is 23.4 Å². The molecule has 1 aromatic carbocycles. The number of halogens is 1. The van der Waals surface area contributed by atoms with Gasteiger partial charge in [-0.05, 0) is 36.4 Å². The highest BCUT2D eigenvalue weighted by Crippen LogP contribution is 2.33. The van der Waals surface area contributed by atoms with Gasteiger partial charge in [0.15, 0.2) is 5.82 Å². The first-order chi connectivity index (χ1) is 15.7. The van der Waals surface area contributed by atoms with E-state index in [0.717, 1.165) is 16.8 Å². The first-order valence-electron chi connectivity index (χ1n) is 10.5. The van der Waals surface area contributed by atoms with E-state index in [4.69, 9.17) is 19.2 Å². The highest BCUT2D eigenvalue weighted by atomic mass is 19.1. The van der Waals surface area contributed by atoms with Gasteiger partial charge in [-0.2, -0.15) is 0 Å². The number of morpholine rings is 1. The molecular formula is C23H23FN4O4. The number of amides is 1. The van der Waals surface area contributed by atoms with E-state index in [1.54, 1.807) is 29.4 Å². The van der Waals surface area contributed by atoms with Gasteiger partial charge in [0.05, 0.1) is 43.7 Å². The van der Waals surface area contributed by atoms with Crippen molar-refractivity contribution in [2.45, 2.75) is 6.29 Å².